The van der Waals surface area contributed by atoms with E-state index < -0.39 is 0 Å². The molecule has 0 bridgehead atoms. The summed E-state index contributed by atoms with van der Waals surface area (Å²) in [6, 6.07) is 5.52. The molecule has 1 N–H and O–H groups in total. The van der Waals surface area contributed by atoms with Crippen LogP contribution >= 0.6 is 0 Å². The van der Waals surface area contributed by atoms with Crippen LogP contribution in [0.15, 0.2) is 18.2 Å². The smallest absolute Gasteiger partial charge is 0.164 e. The van der Waals surface area contributed by atoms with E-state index in [9.17, 15) is 4.79 Å². The van der Waals surface area contributed by atoms with E-state index in [1.54, 1.807) is 7.11 Å². The summed E-state index contributed by atoms with van der Waals surface area (Å²) in [5.74, 6) is 0.982. The number of ketones is 1. The van der Waals surface area contributed by atoms with E-state index in [1.807, 2.05) is 32.2 Å². The van der Waals surface area contributed by atoms with Gasteiger partial charge in [-0.05, 0) is 37.7 Å². The average molecular weight is 207 g/mol. The van der Waals surface area contributed by atoms with Crippen molar-refractivity contribution < 1.29 is 9.53 Å². The Balaban J connectivity index is 2.78. The highest BCUT2D eigenvalue weighted by Gasteiger charge is 2.07. The van der Waals surface area contributed by atoms with Crippen LogP contribution in [0.1, 0.15) is 22.3 Å². The van der Waals surface area contributed by atoms with Crippen LogP contribution in [0.5, 0.6) is 5.75 Å². The van der Waals surface area contributed by atoms with Gasteiger partial charge in [0.25, 0.3) is 0 Å². The summed E-state index contributed by atoms with van der Waals surface area (Å²) >= 11 is 0. The van der Waals surface area contributed by atoms with Crippen LogP contribution in [0, 0.1) is 6.92 Å². The summed E-state index contributed by atoms with van der Waals surface area (Å²) in [5, 5.41) is 2.96. The normalized spacial score (nSPS) is 10.1. The van der Waals surface area contributed by atoms with E-state index in [4.69, 9.17) is 4.74 Å². The standard InChI is InChI=1S/C12H17NO2/c1-9-8-10(4-5-12(9)15-3)11(14)6-7-13-2/h4-5,8,13H,6-7H2,1-3H3. The second-order valence-corrected chi connectivity index (χ2v) is 3.46. The van der Waals surface area contributed by atoms with Crippen molar-refractivity contribution in [1.29, 1.82) is 0 Å². The molecule has 0 radical (unpaired) electrons. The number of Topliss-reactive ketones (excluding diaryl/α,β-unsaturated/α-hetero) is 1. The summed E-state index contributed by atoms with van der Waals surface area (Å²) in [6.07, 6.45) is 0.530. The first-order valence-corrected chi connectivity index (χ1v) is 5.01. The molecular weight excluding hydrogens is 190 g/mol. The SMILES string of the molecule is CNCCC(=O)c1ccc(OC)c(C)c1. The summed E-state index contributed by atoms with van der Waals surface area (Å²) in [7, 11) is 3.47. The molecule has 0 aliphatic rings. The second-order valence-electron chi connectivity index (χ2n) is 3.46. The van der Waals surface area contributed by atoms with Crippen LogP contribution in [0.2, 0.25) is 0 Å². The molecule has 1 aromatic rings. The van der Waals surface area contributed by atoms with E-state index in [-0.39, 0.29) is 5.78 Å². The Labute approximate surface area is 90.4 Å². The topological polar surface area (TPSA) is 38.3 Å². The molecule has 0 saturated carbocycles. The van der Waals surface area contributed by atoms with Crippen molar-refractivity contribution in [3.63, 3.8) is 0 Å². The lowest BCUT2D eigenvalue weighted by atomic mass is 10.1. The van der Waals surface area contributed by atoms with Crippen molar-refractivity contribution in [2.75, 3.05) is 20.7 Å². The van der Waals surface area contributed by atoms with Gasteiger partial charge in [-0.3, -0.25) is 4.79 Å². The third-order valence-corrected chi connectivity index (χ3v) is 2.32. The highest BCUT2D eigenvalue weighted by atomic mass is 16.5. The second kappa shape index (κ2) is 5.51. The molecule has 0 aromatic heterocycles. The Bertz CT molecular complexity index is 347. The van der Waals surface area contributed by atoms with Gasteiger partial charge in [-0.1, -0.05) is 0 Å². The van der Waals surface area contributed by atoms with Crippen molar-refractivity contribution in [3.05, 3.63) is 29.3 Å². The van der Waals surface area contributed by atoms with Gasteiger partial charge in [-0.15, -0.1) is 0 Å². The first-order valence-electron chi connectivity index (χ1n) is 5.01. The average Bonchev–Trinajstić information content (AvgIpc) is 2.25. The summed E-state index contributed by atoms with van der Waals surface area (Å²) in [5.41, 5.74) is 1.75. The lowest BCUT2D eigenvalue weighted by Crippen LogP contribution is -2.13. The first-order chi connectivity index (χ1) is 7.19. The zero-order valence-electron chi connectivity index (χ0n) is 9.46. The van der Waals surface area contributed by atoms with Crippen molar-refractivity contribution >= 4 is 5.78 Å². The van der Waals surface area contributed by atoms with E-state index in [0.29, 0.717) is 13.0 Å². The molecule has 0 heterocycles. The largest absolute Gasteiger partial charge is 0.496 e. The van der Waals surface area contributed by atoms with Gasteiger partial charge in [-0.25, -0.2) is 0 Å². The number of rotatable bonds is 5. The number of aryl methyl sites for hydroxylation is 1. The van der Waals surface area contributed by atoms with Crippen LogP contribution in [0.25, 0.3) is 0 Å². The number of hydrogen-bond acceptors (Lipinski definition) is 3. The van der Waals surface area contributed by atoms with Crippen molar-refractivity contribution in [3.8, 4) is 5.75 Å². The highest BCUT2D eigenvalue weighted by Crippen LogP contribution is 2.19. The lowest BCUT2D eigenvalue weighted by molar-refractivity contribution is 0.0983. The monoisotopic (exact) mass is 207 g/mol. The molecule has 0 atom stereocenters. The lowest BCUT2D eigenvalue weighted by Gasteiger charge is -2.06. The number of carbonyl (C=O) groups is 1. The van der Waals surface area contributed by atoms with Crippen molar-refractivity contribution in [1.82, 2.24) is 5.32 Å². The molecule has 1 rings (SSSR count). The Morgan fingerprint density at radius 3 is 2.73 bits per heavy atom. The van der Waals surface area contributed by atoms with Crippen molar-refractivity contribution in [2.45, 2.75) is 13.3 Å². The molecule has 3 nitrogen and oxygen atoms in total. The Morgan fingerprint density at radius 2 is 2.20 bits per heavy atom. The van der Waals surface area contributed by atoms with E-state index in [2.05, 4.69) is 5.32 Å². The predicted molar refractivity (Wildman–Crippen MR) is 60.6 cm³/mol. The molecule has 3 heteroatoms. The number of ether oxygens (including phenoxy) is 1. The minimum absolute atomic E-state index is 0.162. The number of hydrogen-bond donors (Lipinski definition) is 1. The molecule has 15 heavy (non-hydrogen) atoms. The minimum atomic E-state index is 0.162. The molecule has 82 valence electrons. The number of nitrogens with one attached hydrogen (secondary N) is 1. The van der Waals surface area contributed by atoms with Crippen LogP contribution in [0.3, 0.4) is 0 Å². The van der Waals surface area contributed by atoms with Gasteiger partial charge in [0.05, 0.1) is 7.11 Å². The molecule has 0 unspecified atom stereocenters. The Morgan fingerprint density at radius 1 is 1.47 bits per heavy atom. The van der Waals surface area contributed by atoms with Gasteiger partial charge in [0.1, 0.15) is 5.75 Å². The molecule has 0 aliphatic carbocycles. The third kappa shape index (κ3) is 3.06. The molecule has 1 aromatic carbocycles. The maximum atomic E-state index is 11.7. The first kappa shape index (κ1) is 11.7. The van der Waals surface area contributed by atoms with Crippen LogP contribution in [-0.4, -0.2) is 26.5 Å². The fourth-order valence-electron chi connectivity index (χ4n) is 1.43. The molecular formula is C12H17NO2. The minimum Gasteiger partial charge on any atom is -0.496 e. The summed E-state index contributed by atoms with van der Waals surface area (Å²) in [6.45, 7) is 2.65. The predicted octanol–water partition coefficient (Wildman–Crippen LogP) is 1.80. The maximum absolute atomic E-state index is 11.7. The Kier molecular flexibility index (Phi) is 4.31. The zero-order chi connectivity index (χ0) is 11.3. The van der Waals surface area contributed by atoms with Crippen LogP contribution in [0.4, 0.5) is 0 Å². The van der Waals surface area contributed by atoms with Crippen LogP contribution in [-0.2, 0) is 0 Å². The highest BCUT2D eigenvalue weighted by molar-refractivity contribution is 5.96. The summed E-state index contributed by atoms with van der Waals surface area (Å²) < 4.78 is 5.14. The molecule has 0 amide bonds. The van der Waals surface area contributed by atoms with E-state index in [1.165, 1.54) is 0 Å². The van der Waals surface area contributed by atoms with Crippen molar-refractivity contribution in [2.24, 2.45) is 0 Å². The van der Waals surface area contributed by atoms with Gasteiger partial charge in [0.15, 0.2) is 5.78 Å². The quantitative estimate of drug-likeness (QED) is 0.748. The molecule has 0 fully saturated rings. The van der Waals surface area contributed by atoms with Gasteiger partial charge in [-0.2, -0.15) is 0 Å². The zero-order valence-corrected chi connectivity index (χ0v) is 9.46. The van der Waals surface area contributed by atoms with E-state index >= 15 is 0 Å². The number of methoxy groups -OCH3 is 1. The molecule has 0 spiro atoms. The Hall–Kier alpha value is -1.35. The third-order valence-electron chi connectivity index (χ3n) is 2.32. The van der Waals surface area contributed by atoms with Gasteiger partial charge in [0.2, 0.25) is 0 Å². The fraction of sp³-hybridized carbons (Fsp3) is 0.417. The van der Waals surface area contributed by atoms with Gasteiger partial charge in [0, 0.05) is 18.5 Å². The molecule has 0 aliphatic heterocycles. The molecule has 0 saturated heterocycles. The summed E-state index contributed by atoms with van der Waals surface area (Å²) in [4.78, 5) is 11.7. The van der Waals surface area contributed by atoms with Crippen LogP contribution < -0.4 is 10.1 Å². The van der Waals surface area contributed by atoms with Gasteiger partial charge < -0.3 is 10.1 Å². The maximum Gasteiger partial charge on any atom is 0.164 e. The number of carbonyl (C=O) groups excluding carboxylic acids is 1. The fourth-order valence-corrected chi connectivity index (χ4v) is 1.43. The van der Waals surface area contributed by atoms with E-state index in [0.717, 1.165) is 16.9 Å². The number of benzene rings is 1. The van der Waals surface area contributed by atoms with Gasteiger partial charge >= 0.3 is 0 Å².